The normalized spacial score (nSPS) is 26.0. The van der Waals surface area contributed by atoms with E-state index in [-0.39, 0.29) is 68.9 Å². The van der Waals surface area contributed by atoms with E-state index in [2.05, 4.69) is 27.2 Å². The summed E-state index contributed by atoms with van der Waals surface area (Å²) in [4.78, 5) is 0. The second-order valence-electron chi connectivity index (χ2n) is 8.42. The Bertz CT molecular complexity index is 245. The fraction of sp³-hybridized carbons (Fsp3) is 0.917. The number of rotatable bonds is 5. The average molecular weight is 468 g/mol. The summed E-state index contributed by atoms with van der Waals surface area (Å²) < 4.78 is 0. The minimum atomic E-state index is 0. The molecular weight excluding hydrogens is 421 g/mol. The van der Waals surface area contributed by atoms with Crippen molar-refractivity contribution in [3.05, 3.63) is 13.3 Å². The van der Waals surface area contributed by atoms with Crippen LogP contribution in [0, 0.1) is 31.1 Å². The van der Waals surface area contributed by atoms with Crippen molar-refractivity contribution in [1.29, 1.82) is 0 Å². The van der Waals surface area contributed by atoms with Crippen molar-refractivity contribution in [2.75, 3.05) is 0 Å². The molecule has 0 aromatic heterocycles. The average Bonchev–Trinajstić information content (AvgIpc) is 2.54. The van der Waals surface area contributed by atoms with E-state index in [4.69, 9.17) is 0 Å². The molecule has 2 rings (SSSR count). The first kappa shape index (κ1) is 27.1. The van der Waals surface area contributed by atoms with Crippen LogP contribution < -0.4 is 68.9 Å². The minimum absolute atomic E-state index is 0. The van der Waals surface area contributed by atoms with E-state index in [1.807, 2.05) is 0 Å². The van der Waals surface area contributed by atoms with E-state index in [0.29, 0.717) is 0 Å². The van der Waals surface area contributed by atoms with Crippen molar-refractivity contribution in [3.63, 3.8) is 0 Å². The zero-order valence-electron chi connectivity index (χ0n) is 18.0. The molecule has 0 bridgehead atoms. The van der Waals surface area contributed by atoms with E-state index in [1.165, 1.54) is 103 Å². The van der Waals surface area contributed by atoms with E-state index < -0.39 is 0 Å². The molecule has 2 saturated carbocycles. The van der Waals surface area contributed by atoms with Crippen molar-refractivity contribution in [2.45, 2.75) is 123 Å². The van der Waals surface area contributed by atoms with Crippen LogP contribution in [0.1, 0.15) is 123 Å². The maximum atomic E-state index is 3.94. The summed E-state index contributed by atoms with van der Waals surface area (Å²) in [5.74, 6) is 3.13. The van der Waals surface area contributed by atoms with Crippen LogP contribution >= 0.6 is 0 Å². The van der Waals surface area contributed by atoms with Crippen LogP contribution in [-0.2, 0) is 0 Å². The van der Waals surface area contributed by atoms with Crippen molar-refractivity contribution in [3.8, 4) is 0 Å². The third-order valence-electron chi connectivity index (χ3n) is 6.51. The van der Waals surface area contributed by atoms with Crippen LogP contribution in [0.25, 0.3) is 0 Å². The van der Waals surface area contributed by atoms with Crippen LogP contribution in [0.5, 0.6) is 0 Å². The third-order valence-corrected chi connectivity index (χ3v) is 6.51. The van der Waals surface area contributed by atoms with Gasteiger partial charge >= 0.3 is 68.9 Å². The Balaban J connectivity index is 0.000000465. The molecular formula is C24H46Cs-. The second kappa shape index (κ2) is 19.4. The van der Waals surface area contributed by atoms with Gasteiger partial charge in [0.15, 0.2) is 0 Å². The van der Waals surface area contributed by atoms with Gasteiger partial charge in [-0.1, -0.05) is 104 Å². The summed E-state index contributed by atoms with van der Waals surface area (Å²) in [7, 11) is 0. The first-order valence-electron chi connectivity index (χ1n) is 11.4. The van der Waals surface area contributed by atoms with E-state index >= 15 is 0 Å². The Morgan fingerprint density at radius 1 is 0.720 bits per heavy atom. The SMILES string of the molecule is CCC1CCC[CH-]CCC1.[CH2-]CCCC1CCCC(CC)CCC1.[Cs+]. The Kier molecular flexibility index (Phi) is 21.0. The number of hydrogen-bond donors (Lipinski definition) is 0. The summed E-state index contributed by atoms with van der Waals surface area (Å²) in [5.41, 5.74) is 0. The first-order chi connectivity index (χ1) is 11.8. The fourth-order valence-corrected chi connectivity index (χ4v) is 4.61. The molecule has 0 N–H and O–H groups in total. The summed E-state index contributed by atoms with van der Waals surface area (Å²) in [5, 5.41) is 0. The van der Waals surface area contributed by atoms with Crippen LogP contribution in [0.15, 0.2) is 0 Å². The molecule has 0 nitrogen and oxygen atoms in total. The molecule has 0 heterocycles. The van der Waals surface area contributed by atoms with Gasteiger partial charge in [0.1, 0.15) is 0 Å². The molecule has 25 heavy (non-hydrogen) atoms. The van der Waals surface area contributed by atoms with Gasteiger partial charge in [-0.3, -0.25) is 0 Å². The monoisotopic (exact) mass is 467 g/mol. The summed E-state index contributed by atoms with van der Waals surface area (Å²) in [6, 6.07) is 0. The zero-order chi connectivity index (χ0) is 17.5. The molecule has 0 unspecified atom stereocenters. The Hall–Kier alpha value is 2.05. The summed E-state index contributed by atoms with van der Waals surface area (Å²) in [6.45, 7) is 8.62. The minimum Gasteiger partial charge on any atom is -0.343 e. The van der Waals surface area contributed by atoms with Gasteiger partial charge in [0.25, 0.3) is 0 Å². The molecule has 2 fully saturated rings. The van der Waals surface area contributed by atoms with Crippen LogP contribution in [0.2, 0.25) is 0 Å². The molecule has 144 valence electrons. The molecule has 1 heteroatoms. The molecule has 0 saturated heterocycles. The van der Waals surface area contributed by atoms with Crippen LogP contribution in [0.3, 0.4) is 0 Å². The molecule has 0 aliphatic heterocycles. The smallest absolute Gasteiger partial charge is 0.343 e. The fourth-order valence-electron chi connectivity index (χ4n) is 4.61. The van der Waals surface area contributed by atoms with Crippen molar-refractivity contribution >= 4 is 0 Å². The molecule has 2 aliphatic carbocycles. The van der Waals surface area contributed by atoms with Gasteiger partial charge in [-0.05, 0) is 17.8 Å². The quantitative estimate of drug-likeness (QED) is 0.465. The van der Waals surface area contributed by atoms with Gasteiger partial charge in [-0.2, -0.15) is 19.3 Å². The summed E-state index contributed by atoms with van der Waals surface area (Å²) >= 11 is 0. The predicted octanol–water partition coefficient (Wildman–Crippen LogP) is 5.56. The number of hydrogen-bond acceptors (Lipinski definition) is 0. The molecule has 0 aromatic carbocycles. The van der Waals surface area contributed by atoms with E-state index in [1.54, 1.807) is 0 Å². The first-order valence-corrected chi connectivity index (χ1v) is 11.4. The van der Waals surface area contributed by atoms with Gasteiger partial charge in [-0.15, -0.1) is 0 Å². The molecule has 0 spiro atoms. The van der Waals surface area contributed by atoms with Gasteiger partial charge in [0, 0.05) is 0 Å². The number of unbranched alkanes of at least 4 members (excludes halogenated alkanes) is 1. The maximum Gasteiger partial charge on any atom is 1.00 e. The molecule has 0 radical (unpaired) electrons. The largest absolute Gasteiger partial charge is 1.00 e. The van der Waals surface area contributed by atoms with Crippen LogP contribution in [0.4, 0.5) is 0 Å². The van der Waals surface area contributed by atoms with E-state index in [9.17, 15) is 0 Å². The standard InChI is InChI=1S/C14H27.C10H19.Cs/c1-3-5-8-14-11-6-9-13(4-2)10-7-12-14;1-2-10-8-6-4-3-5-7-9-10;/h13-14H,1,3-12H2,2H3;3,10H,2,4-9H2,1H3;/q2*-1;+1. The van der Waals surface area contributed by atoms with Crippen molar-refractivity contribution in [2.24, 2.45) is 17.8 Å². The van der Waals surface area contributed by atoms with Crippen LogP contribution in [-0.4, -0.2) is 0 Å². The van der Waals surface area contributed by atoms with Gasteiger partial charge < -0.3 is 13.3 Å². The van der Waals surface area contributed by atoms with Crippen molar-refractivity contribution in [1.82, 2.24) is 0 Å². The maximum absolute atomic E-state index is 3.94. The third kappa shape index (κ3) is 14.7. The topological polar surface area (TPSA) is 0 Å². The van der Waals surface area contributed by atoms with Crippen molar-refractivity contribution < 1.29 is 68.9 Å². The van der Waals surface area contributed by atoms with Gasteiger partial charge in [-0.25, -0.2) is 0 Å². The van der Waals surface area contributed by atoms with Gasteiger partial charge in [0.05, 0.1) is 0 Å². The Labute approximate surface area is 219 Å². The second-order valence-corrected chi connectivity index (χ2v) is 8.42. The Morgan fingerprint density at radius 3 is 1.60 bits per heavy atom. The molecule has 0 aromatic rings. The predicted molar refractivity (Wildman–Crippen MR) is 110 cm³/mol. The zero-order valence-corrected chi connectivity index (χ0v) is 24.3. The summed E-state index contributed by atoms with van der Waals surface area (Å²) in [6.07, 6.45) is 26.7. The van der Waals surface area contributed by atoms with E-state index in [0.717, 1.165) is 24.2 Å². The van der Waals surface area contributed by atoms with Gasteiger partial charge in [0.2, 0.25) is 0 Å². The Morgan fingerprint density at radius 2 is 1.16 bits per heavy atom. The molecule has 0 atom stereocenters. The molecule has 2 aliphatic rings. The molecule has 0 amide bonds.